The first-order valence-corrected chi connectivity index (χ1v) is 18.1. The van der Waals surface area contributed by atoms with Gasteiger partial charge in [-0.05, 0) is 76.9 Å². The zero-order chi connectivity index (χ0) is 34.8. The maximum absolute atomic E-state index is 5.02. The summed E-state index contributed by atoms with van der Waals surface area (Å²) >= 11 is 0. The predicted molar refractivity (Wildman–Crippen MR) is 211 cm³/mol. The summed E-state index contributed by atoms with van der Waals surface area (Å²) in [4.78, 5) is 14.8. The van der Waals surface area contributed by atoms with E-state index in [9.17, 15) is 0 Å². The Kier molecular flexibility index (Phi) is 8.65. The van der Waals surface area contributed by atoms with E-state index in [2.05, 4.69) is 123 Å². The third-order valence-electron chi connectivity index (χ3n) is 11.2. The minimum atomic E-state index is -0.218. The van der Waals surface area contributed by atoms with Gasteiger partial charge < -0.3 is 0 Å². The smallest absolute Gasteiger partial charge is 0.164 e. The lowest BCUT2D eigenvalue weighted by atomic mass is 9.56. The molecule has 51 heavy (non-hydrogen) atoms. The van der Waals surface area contributed by atoms with Crippen LogP contribution in [0, 0.1) is 11.3 Å². The Morgan fingerprint density at radius 2 is 1.45 bits per heavy atom. The quantitative estimate of drug-likeness (QED) is 0.176. The van der Waals surface area contributed by atoms with Crippen molar-refractivity contribution in [2.24, 2.45) is 11.3 Å². The molecule has 0 N–H and O–H groups in total. The van der Waals surface area contributed by atoms with Crippen molar-refractivity contribution in [2.75, 3.05) is 0 Å². The second kappa shape index (κ2) is 13.6. The Morgan fingerprint density at radius 3 is 2.16 bits per heavy atom. The first-order valence-electron chi connectivity index (χ1n) is 18.1. The lowest BCUT2D eigenvalue weighted by Crippen LogP contribution is -2.37. The van der Waals surface area contributed by atoms with Crippen molar-refractivity contribution >= 4 is 11.1 Å². The summed E-state index contributed by atoms with van der Waals surface area (Å²) in [6.07, 6.45) is 27.3. The first kappa shape index (κ1) is 32.5. The van der Waals surface area contributed by atoms with E-state index >= 15 is 0 Å². The Bertz CT molecular complexity index is 2170. The van der Waals surface area contributed by atoms with Crippen LogP contribution in [-0.4, -0.2) is 15.0 Å². The monoisotopic (exact) mass is 661 g/mol. The van der Waals surface area contributed by atoms with E-state index in [1.54, 1.807) is 17.2 Å². The maximum Gasteiger partial charge on any atom is 0.164 e. The molecule has 0 aliphatic heterocycles. The van der Waals surface area contributed by atoms with Crippen LogP contribution in [0.1, 0.15) is 61.8 Å². The number of hydrogen-bond acceptors (Lipinski definition) is 3. The SMILES string of the molecule is C=C/C=C\C(=C)c1nc(C2=CC(C3(C)C=CC4=C(C3)C3=C(C=CCC3)C(c3ccccc3)(c3ccccc3)C4)CC=C2)nc(-c2ccccc2)n1. The molecular weight excluding hydrogens is 619 g/mol. The highest BCUT2D eigenvalue weighted by Crippen LogP contribution is 2.57. The van der Waals surface area contributed by atoms with Crippen LogP contribution in [-0.2, 0) is 5.41 Å². The number of rotatable bonds is 8. The van der Waals surface area contributed by atoms with Gasteiger partial charge >= 0.3 is 0 Å². The zero-order valence-corrected chi connectivity index (χ0v) is 29.3. The largest absolute Gasteiger partial charge is 0.208 e. The summed E-state index contributed by atoms with van der Waals surface area (Å²) < 4.78 is 0. The molecule has 1 aromatic heterocycles. The fraction of sp³-hybridized carbons (Fsp3) is 0.188. The van der Waals surface area contributed by atoms with Crippen molar-refractivity contribution in [3.63, 3.8) is 0 Å². The Hall–Kier alpha value is -5.67. The average Bonchev–Trinajstić information content (AvgIpc) is 3.20. The summed E-state index contributed by atoms with van der Waals surface area (Å²) in [6, 6.07) is 32.4. The summed E-state index contributed by atoms with van der Waals surface area (Å²) in [6.45, 7) is 10.5. The van der Waals surface area contributed by atoms with Crippen molar-refractivity contribution in [2.45, 2.75) is 44.4 Å². The highest BCUT2D eigenvalue weighted by atomic mass is 15.0. The molecule has 0 fully saturated rings. The molecule has 4 aromatic rings. The Balaban J connectivity index is 1.17. The number of fused-ring (bicyclic) bond motifs is 1. The van der Waals surface area contributed by atoms with Crippen molar-refractivity contribution in [3.05, 3.63) is 210 Å². The van der Waals surface area contributed by atoms with Gasteiger partial charge in [-0.25, -0.2) is 15.0 Å². The lowest BCUT2D eigenvalue weighted by molar-refractivity contribution is 0.299. The van der Waals surface area contributed by atoms with Crippen molar-refractivity contribution < 1.29 is 0 Å². The normalized spacial score (nSPS) is 22.1. The number of aromatic nitrogens is 3. The van der Waals surface area contributed by atoms with E-state index in [0.717, 1.165) is 48.8 Å². The molecule has 0 radical (unpaired) electrons. The average molecular weight is 662 g/mol. The molecular formula is C48H43N3. The molecule has 8 rings (SSSR count). The number of allylic oxidation sites excluding steroid dienone is 16. The predicted octanol–water partition coefficient (Wildman–Crippen LogP) is 11.6. The molecule has 0 saturated heterocycles. The highest BCUT2D eigenvalue weighted by Gasteiger charge is 2.46. The summed E-state index contributed by atoms with van der Waals surface area (Å²) in [5.74, 6) is 2.17. The van der Waals surface area contributed by atoms with Gasteiger partial charge in [-0.2, -0.15) is 0 Å². The van der Waals surface area contributed by atoms with E-state index in [-0.39, 0.29) is 16.7 Å². The van der Waals surface area contributed by atoms with E-state index in [0.29, 0.717) is 17.5 Å². The third-order valence-corrected chi connectivity index (χ3v) is 11.2. The molecule has 2 unspecified atom stereocenters. The van der Waals surface area contributed by atoms with Crippen LogP contribution in [0.15, 0.2) is 187 Å². The molecule has 0 spiro atoms. The van der Waals surface area contributed by atoms with Crippen LogP contribution in [0.25, 0.3) is 22.5 Å². The standard InChI is InChI=1S/C48H43N3/c1-4-5-18-34(2)44-49-45(35-19-9-6-10-20-35)51-46(50-44)36-21-17-26-40(31-36)47(3)30-29-37-32-48(38-22-11-7-12-23-38,39-24-13-8-14-25-39)43-28-16-15-27-41(43)42(37)33-47/h4-14,16-25,28-31,40H,1-2,15,26-27,32-33H2,3H3/b18-5-. The highest BCUT2D eigenvalue weighted by molar-refractivity contribution is 5.75. The summed E-state index contributed by atoms with van der Waals surface area (Å²) in [5, 5.41) is 0. The van der Waals surface area contributed by atoms with Crippen molar-refractivity contribution in [1.82, 2.24) is 15.0 Å². The van der Waals surface area contributed by atoms with Crippen LogP contribution < -0.4 is 0 Å². The molecule has 3 nitrogen and oxygen atoms in total. The second-order valence-electron chi connectivity index (χ2n) is 14.3. The van der Waals surface area contributed by atoms with E-state index in [1.807, 2.05) is 42.5 Å². The summed E-state index contributed by atoms with van der Waals surface area (Å²) in [7, 11) is 0. The topological polar surface area (TPSA) is 38.7 Å². The maximum atomic E-state index is 5.02. The van der Waals surface area contributed by atoms with Gasteiger partial charge in [0.05, 0.1) is 0 Å². The van der Waals surface area contributed by atoms with Gasteiger partial charge in [0.15, 0.2) is 17.5 Å². The van der Waals surface area contributed by atoms with E-state index in [1.165, 1.54) is 22.3 Å². The minimum Gasteiger partial charge on any atom is -0.208 e. The fourth-order valence-corrected chi connectivity index (χ4v) is 8.47. The van der Waals surface area contributed by atoms with Gasteiger partial charge in [-0.3, -0.25) is 0 Å². The fourth-order valence-electron chi connectivity index (χ4n) is 8.47. The Labute approximate surface area is 302 Å². The number of benzene rings is 3. The van der Waals surface area contributed by atoms with Gasteiger partial charge in [-0.15, -0.1) is 0 Å². The molecule has 1 heterocycles. The molecule has 0 saturated carbocycles. The third kappa shape index (κ3) is 5.97. The molecule has 2 atom stereocenters. The second-order valence-corrected chi connectivity index (χ2v) is 14.3. The number of hydrogen-bond donors (Lipinski definition) is 0. The van der Waals surface area contributed by atoms with Crippen molar-refractivity contribution in [1.29, 1.82) is 0 Å². The molecule has 4 aliphatic carbocycles. The van der Waals surface area contributed by atoms with Crippen LogP contribution in [0.3, 0.4) is 0 Å². The van der Waals surface area contributed by atoms with Crippen LogP contribution in [0.2, 0.25) is 0 Å². The minimum absolute atomic E-state index is 0.0674. The first-order chi connectivity index (χ1) is 25.0. The molecule has 250 valence electrons. The lowest BCUT2D eigenvalue weighted by Gasteiger charge is -2.47. The van der Waals surface area contributed by atoms with Crippen LogP contribution in [0.4, 0.5) is 0 Å². The molecule has 3 heteroatoms. The molecule has 0 bridgehead atoms. The van der Waals surface area contributed by atoms with E-state index < -0.39 is 0 Å². The van der Waals surface area contributed by atoms with Crippen LogP contribution >= 0.6 is 0 Å². The van der Waals surface area contributed by atoms with Gasteiger partial charge in [0, 0.05) is 22.1 Å². The van der Waals surface area contributed by atoms with Gasteiger partial charge in [0.1, 0.15) is 0 Å². The van der Waals surface area contributed by atoms with Crippen LogP contribution in [0.5, 0.6) is 0 Å². The van der Waals surface area contributed by atoms with Gasteiger partial charge in [0.25, 0.3) is 0 Å². The van der Waals surface area contributed by atoms with Crippen molar-refractivity contribution in [3.8, 4) is 11.4 Å². The Morgan fingerprint density at radius 1 is 0.765 bits per heavy atom. The summed E-state index contributed by atoms with van der Waals surface area (Å²) in [5.41, 5.74) is 11.2. The van der Waals surface area contributed by atoms with E-state index in [4.69, 9.17) is 15.0 Å². The molecule has 4 aliphatic rings. The molecule has 0 amide bonds. The zero-order valence-electron chi connectivity index (χ0n) is 29.3. The van der Waals surface area contributed by atoms with Gasteiger partial charge in [0.2, 0.25) is 0 Å². The molecule has 3 aromatic carbocycles. The number of nitrogens with zero attached hydrogens (tertiary/aromatic N) is 3. The van der Waals surface area contributed by atoms with Gasteiger partial charge in [-0.1, -0.05) is 172 Å².